The summed E-state index contributed by atoms with van der Waals surface area (Å²) in [6.45, 7) is 3.10. The number of carbonyl (C=O) groups is 2. The third kappa shape index (κ3) is 11.6. The van der Waals surface area contributed by atoms with Crippen molar-refractivity contribution in [1.82, 2.24) is 0 Å². The zero-order valence-electron chi connectivity index (χ0n) is 19.0. The maximum atomic E-state index is 12.1. The van der Waals surface area contributed by atoms with Gasteiger partial charge in [-0.05, 0) is 12.8 Å². The van der Waals surface area contributed by atoms with Gasteiger partial charge in [0, 0.05) is 12.8 Å². The minimum absolute atomic E-state index is 0.156. The Labute approximate surface area is 193 Å². The summed E-state index contributed by atoms with van der Waals surface area (Å²) in [5.41, 5.74) is 0. The monoisotopic (exact) mass is 500 g/mol. The lowest BCUT2D eigenvalue weighted by atomic mass is 10.00. The number of aliphatic hydroxyl groups is 3. The van der Waals surface area contributed by atoms with Crippen LogP contribution in [0.5, 0.6) is 0 Å². The van der Waals surface area contributed by atoms with E-state index in [1.807, 2.05) is 6.92 Å². The normalized spacial score (nSPS) is 26.5. The molecule has 1 heterocycles. The topological polar surface area (TPSA) is 186 Å². The molecule has 1 fully saturated rings. The molecule has 1 aliphatic heterocycles. The lowest BCUT2D eigenvalue weighted by molar-refractivity contribution is -0.297. The number of unbranched alkanes of at least 4 members (excludes halogenated alkanes) is 3. The largest absolute Gasteiger partial charge is 0.462 e. The number of rotatable bonds is 15. The molecule has 1 saturated heterocycles. The van der Waals surface area contributed by atoms with Crippen LogP contribution in [0.3, 0.4) is 0 Å². The van der Waals surface area contributed by atoms with E-state index in [9.17, 15) is 33.3 Å². The van der Waals surface area contributed by atoms with Crippen LogP contribution in [0.4, 0.5) is 0 Å². The van der Waals surface area contributed by atoms with Gasteiger partial charge in [-0.3, -0.25) is 14.1 Å². The fourth-order valence-electron chi connectivity index (χ4n) is 3.12. The Morgan fingerprint density at radius 2 is 1.61 bits per heavy atom. The molecule has 0 radical (unpaired) electrons. The van der Waals surface area contributed by atoms with Crippen LogP contribution in [-0.4, -0.2) is 96.0 Å². The van der Waals surface area contributed by atoms with Gasteiger partial charge in [-0.2, -0.15) is 8.42 Å². The SMILES string of the molecule is CCCCCCC(=O)O[C@H](COC(=O)CCC)CO[C@H]1O[C@H](CS(=O)(=O)O)[C@@H](O)[C@H](O)[C@H]1O. The molecule has 13 heteroatoms. The van der Waals surface area contributed by atoms with Crippen LogP contribution in [0.15, 0.2) is 0 Å². The molecule has 0 unspecified atom stereocenters. The van der Waals surface area contributed by atoms with Crippen LogP contribution in [-0.2, 0) is 38.7 Å². The summed E-state index contributed by atoms with van der Waals surface area (Å²) < 4.78 is 52.2. The molecular weight excluding hydrogens is 464 g/mol. The summed E-state index contributed by atoms with van der Waals surface area (Å²) in [5, 5.41) is 30.0. The Morgan fingerprint density at radius 3 is 2.21 bits per heavy atom. The second-order valence-electron chi connectivity index (χ2n) is 7.95. The van der Waals surface area contributed by atoms with Gasteiger partial charge < -0.3 is 34.3 Å². The van der Waals surface area contributed by atoms with Crippen molar-refractivity contribution in [3.63, 3.8) is 0 Å². The van der Waals surface area contributed by atoms with Crippen LogP contribution in [0.25, 0.3) is 0 Å². The highest BCUT2D eigenvalue weighted by atomic mass is 32.2. The summed E-state index contributed by atoms with van der Waals surface area (Å²) in [4.78, 5) is 23.8. The van der Waals surface area contributed by atoms with Gasteiger partial charge in [0.15, 0.2) is 12.4 Å². The van der Waals surface area contributed by atoms with E-state index in [-0.39, 0.29) is 19.4 Å². The molecule has 0 aromatic carbocycles. The first-order chi connectivity index (χ1) is 15.5. The van der Waals surface area contributed by atoms with Gasteiger partial charge in [0.1, 0.15) is 36.8 Å². The molecule has 4 N–H and O–H groups in total. The molecule has 12 nitrogen and oxygen atoms in total. The number of ether oxygens (including phenoxy) is 4. The predicted octanol–water partition coefficient (Wildman–Crippen LogP) is -0.0761. The van der Waals surface area contributed by atoms with Crippen LogP contribution >= 0.6 is 0 Å². The molecule has 1 aliphatic rings. The molecule has 0 aliphatic carbocycles. The summed E-state index contributed by atoms with van der Waals surface area (Å²) in [6, 6.07) is 0. The zero-order valence-corrected chi connectivity index (χ0v) is 19.8. The van der Waals surface area contributed by atoms with Gasteiger partial charge >= 0.3 is 11.9 Å². The Kier molecular flexibility index (Phi) is 13.3. The van der Waals surface area contributed by atoms with Crippen molar-refractivity contribution in [1.29, 1.82) is 0 Å². The maximum Gasteiger partial charge on any atom is 0.306 e. The lowest BCUT2D eigenvalue weighted by Gasteiger charge is -2.40. The van der Waals surface area contributed by atoms with E-state index in [1.165, 1.54) is 0 Å². The molecule has 0 amide bonds. The van der Waals surface area contributed by atoms with Gasteiger partial charge in [-0.1, -0.05) is 33.1 Å². The maximum absolute atomic E-state index is 12.1. The van der Waals surface area contributed by atoms with Crippen molar-refractivity contribution in [2.75, 3.05) is 19.0 Å². The van der Waals surface area contributed by atoms with Crippen molar-refractivity contribution in [2.45, 2.75) is 95.6 Å². The van der Waals surface area contributed by atoms with E-state index in [4.69, 9.17) is 23.5 Å². The third-order valence-electron chi connectivity index (χ3n) is 4.91. The molecule has 33 heavy (non-hydrogen) atoms. The van der Waals surface area contributed by atoms with Gasteiger partial charge in [0.25, 0.3) is 10.1 Å². The smallest absolute Gasteiger partial charge is 0.306 e. The minimum atomic E-state index is -4.57. The first kappa shape index (κ1) is 29.7. The average Bonchev–Trinajstić information content (AvgIpc) is 2.73. The van der Waals surface area contributed by atoms with Gasteiger partial charge in [0.2, 0.25) is 0 Å². The van der Waals surface area contributed by atoms with Crippen molar-refractivity contribution < 1.29 is 56.8 Å². The highest BCUT2D eigenvalue weighted by Crippen LogP contribution is 2.23. The van der Waals surface area contributed by atoms with E-state index >= 15 is 0 Å². The van der Waals surface area contributed by atoms with Crippen molar-refractivity contribution in [2.24, 2.45) is 0 Å². The van der Waals surface area contributed by atoms with E-state index in [0.29, 0.717) is 12.8 Å². The third-order valence-corrected chi connectivity index (χ3v) is 5.66. The second kappa shape index (κ2) is 14.8. The predicted molar refractivity (Wildman–Crippen MR) is 114 cm³/mol. The number of hydrogen-bond acceptors (Lipinski definition) is 11. The van der Waals surface area contributed by atoms with Crippen molar-refractivity contribution in [3.8, 4) is 0 Å². The molecule has 0 spiro atoms. The molecule has 1 rings (SSSR count). The highest BCUT2D eigenvalue weighted by molar-refractivity contribution is 7.85. The average molecular weight is 501 g/mol. The molecule has 194 valence electrons. The number of aliphatic hydroxyl groups excluding tert-OH is 3. The first-order valence-electron chi connectivity index (χ1n) is 11.1. The Balaban J connectivity index is 2.74. The van der Waals surface area contributed by atoms with Crippen molar-refractivity contribution in [3.05, 3.63) is 0 Å². The Bertz CT molecular complexity index is 697. The van der Waals surface area contributed by atoms with Crippen LogP contribution in [0.2, 0.25) is 0 Å². The minimum Gasteiger partial charge on any atom is -0.462 e. The van der Waals surface area contributed by atoms with Crippen LogP contribution in [0, 0.1) is 0 Å². The van der Waals surface area contributed by atoms with Crippen LogP contribution < -0.4 is 0 Å². The number of carbonyl (C=O) groups excluding carboxylic acids is 2. The molecule has 0 aromatic rings. The van der Waals surface area contributed by atoms with E-state index in [1.54, 1.807) is 6.92 Å². The standard InChI is InChI=1S/C20H36O12S/c1-3-5-6-7-9-16(22)31-13(10-29-15(21)8-4-2)11-30-20-19(25)18(24)17(23)14(32-20)12-33(26,27)28/h13-14,17-20,23-25H,3-12H2,1-2H3,(H,26,27,28)/t13-,14-,17-,18+,19-,20+/m1/s1. The molecule has 0 aromatic heterocycles. The summed E-state index contributed by atoms with van der Waals surface area (Å²) in [5.74, 6) is -2.07. The summed E-state index contributed by atoms with van der Waals surface area (Å²) >= 11 is 0. The molecule has 0 saturated carbocycles. The Morgan fingerprint density at radius 1 is 0.909 bits per heavy atom. The van der Waals surface area contributed by atoms with Crippen molar-refractivity contribution >= 4 is 22.1 Å². The first-order valence-corrected chi connectivity index (χ1v) is 12.7. The van der Waals surface area contributed by atoms with E-state index < -0.39 is 71.2 Å². The second-order valence-corrected chi connectivity index (χ2v) is 9.45. The molecular formula is C20H36O12S. The summed E-state index contributed by atoms with van der Waals surface area (Å²) in [6.07, 6.45) is -5.26. The van der Waals surface area contributed by atoms with Gasteiger partial charge in [-0.25, -0.2) is 0 Å². The Hall–Kier alpha value is -1.35. The highest BCUT2D eigenvalue weighted by Gasteiger charge is 2.45. The summed E-state index contributed by atoms with van der Waals surface area (Å²) in [7, 11) is -4.57. The molecule has 6 atom stereocenters. The van der Waals surface area contributed by atoms with Gasteiger partial charge in [-0.15, -0.1) is 0 Å². The van der Waals surface area contributed by atoms with Gasteiger partial charge in [0.05, 0.1) is 6.61 Å². The fraction of sp³-hybridized carbons (Fsp3) is 0.900. The van der Waals surface area contributed by atoms with E-state index in [0.717, 1.165) is 19.3 Å². The van der Waals surface area contributed by atoms with Crippen LogP contribution in [0.1, 0.15) is 58.8 Å². The fourth-order valence-corrected chi connectivity index (χ4v) is 3.81. The lowest BCUT2D eigenvalue weighted by Crippen LogP contribution is -2.60. The zero-order chi connectivity index (χ0) is 25.0. The molecule has 0 bridgehead atoms. The van der Waals surface area contributed by atoms with E-state index in [2.05, 4.69) is 0 Å². The number of esters is 2. The number of hydrogen-bond donors (Lipinski definition) is 4. The quantitative estimate of drug-likeness (QED) is 0.133.